The Bertz CT molecular complexity index is 802. The average Bonchev–Trinajstić information content (AvgIpc) is 2.58. The van der Waals surface area contributed by atoms with E-state index in [4.69, 9.17) is 20.5 Å². The van der Waals surface area contributed by atoms with E-state index in [9.17, 15) is 4.79 Å². The topological polar surface area (TPSA) is 110 Å². The summed E-state index contributed by atoms with van der Waals surface area (Å²) in [6, 6.07) is 12.4. The van der Waals surface area contributed by atoms with E-state index in [1.165, 1.54) is 0 Å². The van der Waals surface area contributed by atoms with E-state index in [1.807, 2.05) is 13.8 Å². The van der Waals surface area contributed by atoms with Crippen molar-refractivity contribution in [3.8, 4) is 23.4 Å². The molecule has 0 spiro atoms. The van der Waals surface area contributed by atoms with Crippen LogP contribution in [0.1, 0.15) is 33.1 Å². The van der Waals surface area contributed by atoms with Crippen LogP contribution in [0.3, 0.4) is 0 Å². The van der Waals surface area contributed by atoms with E-state index >= 15 is 0 Å². The number of rotatable bonds is 8. The molecule has 2 rings (SSSR count). The van der Waals surface area contributed by atoms with Gasteiger partial charge in [-0.3, -0.25) is 4.79 Å². The maximum Gasteiger partial charge on any atom is 0.224 e. The zero-order valence-electron chi connectivity index (χ0n) is 14.9. The van der Waals surface area contributed by atoms with E-state index in [0.29, 0.717) is 35.9 Å². The lowest BCUT2D eigenvalue weighted by Crippen LogP contribution is -2.12. The predicted octanol–water partition coefficient (Wildman–Crippen LogP) is 3.88. The molecule has 136 valence electrons. The SMILES string of the molecule is CCCC(=O)Nc1ccc(Oc2cccc(O[C@H](C)CC#N)c2)nc1N. The third-order valence-electron chi connectivity index (χ3n) is 3.39. The van der Waals surface area contributed by atoms with Gasteiger partial charge < -0.3 is 20.5 Å². The van der Waals surface area contributed by atoms with Gasteiger partial charge >= 0.3 is 0 Å². The van der Waals surface area contributed by atoms with Gasteiger partial charge in [0, 0.05) is 18.6 Å². The van der Waals surface area contributed by atoms with Crippen molar-refractivity contribution in [1.82, 2.24) is 4.98 Å². The van der Waals surface area contributed by atoms with Gasteiger partial charge in [-0.15, -0.1) is 0 Å². The number of carbonyl (C=O) groups excluding carboxylic acids is 1. The third kappa shape index (κ3) is 5.67. The molecule has 0 aliphatic heterocycles. The van der Waals surface area contributed by atoms with Crippen LogP contribution in [-0.4, -0.2) is 17.0 Å². The van der Waals surface area contributed by atoms with Crippen molar-refractivity contribution in [3.05, 3.63) is 36.4 Å². The molecule has 0 radical (unpaired) electrons. The highest BCUT2D eigenvalue weighted by Crippen LogP contribution is 2.27. The number of nitrogens with two attached hydrogens (primary N) is 1. The zero-order valence-corrected chi connectivity index (χ0v) is 14.9. The molecular formula is C19H22N4O3. The van der Waals surface area contributed by atoms with Crippen molar-refractivity contribution in [2.45, 2.75) is 39.2 Å². The number of nitrogens with zero attached hydrogens (tertiary/aromatic N) is 2. The van der Waals surface area contributed by atoms with Crippen molar-refractivity contribution in [3.63, 3.8) is 0 Å². The van der Waals surface area contributed by atoms with Crippen molar-refractivity contribution in [1.29, 1.82) is 5.26 Å². The number of amides is 1. The van der Waals surface area contributed by atoms with Crippen molar-refractivity contribution in [2.75, 3.05) is 11.1 Å². The van der Waals surface area contributed by atoms with Gasteiger partial charge in [-0.25, -0.2) is 0 Å². The Kier molecular flexibility index (Phi) is 6.80. The normalized spacial score (nSPS) is 11.3. The molecule has 0 bridgehead atoms. The standard InChI is InChI=1S/C19H22N4O3/c1-3-5-17(24)22-16-8-9-18(23-19(16)21)26-15-7-4-6-14(12-15)25-13(2)10-11-20/h4,6-9,12-13H,3,5,10H2,1-2H3,(H2,21,23)(H,22,24)/t13-/m1/s1. The second-order valence-electron chi connectivity index (χ2n) is 5.75. The Labute approximate surface area is 152 Å². The first-order valence-corrected chi connectivity index (χ1v) is 8.39. The largest absolute Gasteiger partial charge is 0.490 e. The molecule has 0 aliphatic rings. The van der Waals surface area contributed by atoms with Gasteiger partial charge in [-0.05, 0) is 31.5 Å². The fourth-order valence-corrected chi connectivity index (χ4v) is 2.19. The van der Waals surface area contributed by atoms with Gasteiger partial charge in [0.05, 0.1) is 18.2 Å². The monoisotopic (exact) mass is 354 g/mol. The number of benzene rings is 1. The Hall–Kier alpha value is -3.27. The number of carbonyl (C=O) groups is 1. The summed E-state index contributed by atoms with van der Waals surface area (Å²) in [5.41, 5.74) is 6.34. The van der Waals surface area contributed by atoms with E-state index in [-0.39, 0.29) is 17.8 Å². The molecule has 26 heavy (non-hydrogen) atoms. The molecule has 2 aromatic rings. The van der Waals surface area contributed by atoms with Crippen molar-refractivity contribution < 1.29 is 14.3 Å². The average molecular weight is 354 g/mol. The van der Waals surface area contributed by atoms with Crippen LogP contribution >= 0.6 is 0 Å². The summed E-state index contributed by atoms with van der Waals surface area (Å²) in [7, 11) is 0. The first kappa shape index (κ1) is 19.1. The summed E-state index contributed by atoms with van der Waals surface area (Å²) >= 11 is 0. The highest BCUT2D eigenvalue weighted by Gasteiger charge is 2.09. The Balaban J connectivity index is 2.05. The number of anilines is 2. The molecular weight excluding hydrogens is 332 g/mol. The van der Waals surface area contributed by atoms with E-state index in [2.05, 4.69) is 16.4 Å². The molecule has 1 aromatic heterocycles. The Morgan fingerprint density at radius 2 is 2.12 bits per heavy atom. The van der Waals surface area contributed by atoms with Crippen LogP contribution in [0.2, 0.25) is 0 Å². The van der Waals surface area contributed by atoms with Crippen LogP contribution in [-0.2, 0) is 4.79 Å². The Morgan fingerprint density at radius 1 is 1.35 bits per heavy atom. The minimum absolute atomic E-state index is 0.106. The lowest BCUT2D eigenvalue weighted by Gasteiger charge is -2.13. The number of pyridine rings is 1. The number of nitrogen functional groups attached to an aromatic ring is 1. The maximum absolute atomic E-state index is 11.7. The second kappa shape index (κ2) is 9.28. The smallest absolute Gasteiger partial charge is 0.224 e. The number of nitrogens with one attached hydrogen (secondary N) is 1. The van der Waals surface area contributed by atoms with E-state index in [1.54, 1.807) is 36.4 Å². The predicted molar refractivity (Wildman–Crippen MR) is 99.0 cm³/mol. The number of hydrogen-bond donors (Lipinski definition) is 2. The van der Waals surface area contributed by atoms with Gasteiger partial charge in [-0.1, -0.05) is 13.0 Å². The molecule has 3 N–H and O–H groups in total. The molecule has 1 atom stereocenters. The molecule has 7 heteroatoms. The van der Waals surface area contributed by atoms with Crippen LogP contribution in [0.15, 0.2) is 36.4 Å². The second-order valence-corrected chi connectivity index (χ2v) is 5.75. The molecule has 0 saturated heterocycles. The molecule has 0 unspecified atom stereocenters. The molecule has 0 saturated carbocycles. The van der Waals surface area contributed by atoms with Gasteiger partial charge in [0.25, 0.3) is 0 Å². The van der Waals surface area contributed by atoms with Crippen LogP contribution in [0.4, 0.5) is 11.5 Å². The van der Waals surface area contributed by atoms with Crippen LogP contribution in [0.5, 0.6) is 17.4 Å². The minimum Gasteiger partial charge on any atom is -0.490 e. The summed E-state index contributed by atoms with van der Waals surface area (Å²) in [5, 5.41) is 11.4. The summed E-state index contributed by atoms with van der Waals surface area (Å²) in [5.74, 6) is 1.51. The molecule has 1 heterocycles. The van der Waals surface area contributed by atoms with Crippen LogP contribution in [0.25, 0.3) is 0 Å². The number of aromatic nitrogens is 1. The van der Waals surface area contributed by atoms with E-state index < -0.39 is 0 Å². The molecule has 0 fully saturated rings. The van der Waals surface area contributed by atoms with E-state index in [0.717, 1.165) is 6.42 Å². The molecule has 7 nitrogen and oxygen atoms in total. The summed E-state index contributed by atoms with van der Waals surface area (Å²) < 4.78 is 11.3. The first-order valence-electron chi connectivity index (χ1n) is 8.39. The molecule has 1 amide bonds. The quantitative estimate of drug-likeness (QED) is 0.744. The number of ether oxygens (including phenoxy) is 2. The minimum atomic E-state index is -0.213. The van der Waals surface area contributed by atoms with Gasteiger partial charge in [-0.2, -0.15) is 10.2 Å². The fourth-order valence-electron chi connectivity index (χ4n) is 2.19. The molecule has 0 aliphatic carbocycles. The highest BCUT2D eigenvalue weighted by molar-refractivity contribution is 5.93. The van der Waals surface area contributed by atoms with Crippen LogP contribution < -0.4 is 20.5 Å². The molecule has 1 aromatic carbocycles. The highest BCUT2D eigenvalue weighted by atomic mass is 16.5. The van der Waals surface area contributed by atoms with Gasteiger partial charge in [0.15, 0.2) is 5.82 Å². The third-order valence-corrected chi connectivity index (χ3v) is 3.39. The van der Waals surface area contributed by atoms with Crippen LogP contribution in [0, 0.1) is 11.3 Å². The first-order chi connectivity index (χ1) is 12.5. The summed E-state index contributed by atoms with van der Waals surface area (Å²) in [6.45, 7) is 3.75. The van der Waals surface area contributed by atoms with Crippen molar-refractivity contribution >= 4 is 17.4 Å². The van der Waals surface area contributed by atoms with Gasteiger partial charge in [0.2, 0.25) is 11.8 Å². The lowest BCUT2D eigenvalue weighted by molar-refractivity contribution is -0.116. The number of nitriles is 1. The summed E-state index contributed by atoms with van der Waals surface area (Å²) in [6.07, 6.45) is 1.27. The summed E-state index contributed by atoms with van der Waals surface area (Å²) in [4.78, 5) is 15.8. The zero-order chi connectivity index (χ0) is 18.9. The fraction of sp³-hybridized carbons (Fsp3) is 0.316. The lowest BCUT2D eigenvalue weighted by atomic mass is 10.3. The van der Waals surface area contributed by atoms with Gasteiger partial charge in [0.1, 0.15) is 17.6 Å². The van der Waals surface area contributed by atoms with Crippen molar-refractivity contribution in [2.24, 2.45) is 0 Å². The number of hydrogen-bond acceptors (Lipinski definition) is 6. The Morgan fingerprint density at radius 3 is 2.81 bits per heavy atom. The maximum atomic E-state index is 11.7.